The monoisotopic (exact) mass is 554 g/mol. The van der Waals surface area contributed by atoms with E-state index in [4.69, 9.17) is 11.1 Å². The van der Waals surface area contributed by atoms with Gasteiger partial charge >= 0.3 is 0 Å². The van der Waals surface area contributed by atoms with Crippen LogP contribution in [0.15, 0.2) is 30.3 Å². The maximum atomic E-state index is 13.0. The molecule has 1 saturated heterocycles. The maximum Gasteiger partial charge on any atom is 0.267 e. The molecule has 38 heavy (non-hydrogen) atoms. The summed E-state index contributed by atoms with van der Waals surface area (Å²) >= 11 is 0. The maximum absolute atomic E-state index is 13.0. The van der Waals surface area contributed by atoms with Gasteiger partial charge in [0.25, 0.3) is 10.1 Å². The van der Waals surface area contributed by atoms with Gasteiger partial charge in [-0.2, -0.15) is 8.42 Å². The average molecular weight is 555 g/mol. The molecule has 17 heteroatoms. The van der Waals surface area contributed by atoms with Gasteiger partial charge in [-0.1, -0.05) is 30.3 Å². The van der Waals surface area contributed by atoms with Crippen LogP contribution in [0.25, 0.3) is 0 Å². The zero-order valence-electron chi connectivity index (χ0n) is 20.2. The summed E-state index contributed by atoms with van der Waals surface area (Å²) in [6.45, 7) is -1.26. The summed E-state index contributed by atoms with van der Waals surface area (Å²) in [7, 11) is -4.75. The fourth-order valence-electron chi connectivity index (χ4n) is 3.42. The smallest absolute Gasteiger partial charge is 0.267 e. The number of amides is 5. The molecule has 0 spiro atoms. The Morgan fingerprint density at radius 2 is 1.45 bits per heavy atom. The number of hydrogen-bond donors (Lipinski definition) is 9. The quantitative estimate of drug-likeness (QED) is 0.0889. The highest BCUT2D eigenvalue weighted by Crippen LogP contribution is 2.05. The van der Waals surface area contributed by atoms with Gasteiger partial charge in [0.15, 0.2) is 5.96 Å². The van der Waals surface area contributed by atoms with Crippen LogP contribution in [0.3, 0.4) is 0 Å². The van der Waals surface area contributed by atoms with Crippen molar-refractivity contribution in [3.05, 3.63) is 35.9 Å². The van der Waals surface area contributed by atoms with Crippen molar-refractivity contribution in [3.8, 4) is 0 Å². The van der Waals surface area contributed by atoms with Crippen LogP contribution in [0.4, 0.5) is 0 Å². The summed E-state index contributed by atoms with van der Waals surface area (Å²) in [6, 6.07) is 4.19. The van der Waals surface area contributed by atoms with E-state index < -0.39 is 76.6 Å². The minimum Gasteiger partial charge on any atom is -0.370 e. The standard InChI is InChI=1S/C21H30N8O8S/c22-21(23)24-7-6-13-18(32)25-10-17(31)28-14(8-12-4-2-1-3-5-12)20(34)29-15(11-38(35,36)37)19(33)26-9-16(30)27-13/h1-5,13-15H,6-11H2,(H,25,32)(H,26,33)(H,27,30)(H,28,31)(H,29,34)(H4,22,23,24)(H,35,36,37)/t13?,14-,15+/m0/s1. The molecule has 1 aromatic carbocycles. The summed E-state index contributed by atoms with van der Waals surface area (Å²) < 4.78 is 32.3. The van der Waals surface area contributed by atoms with Crippen LogP contribution < -0.4 is 37.6 Å². The molecular weight excluding hydrogens is 524 g/mol. The predicted octanol–water partition coefficient (Wildman–Crippen LogP) is -4.31. The number of benzene rings is 1. The van der Waals surface area contributed by atoms with E-state index in [9.17, 15) is 36.9 Å². The summed E-state index contributed by atoms with van der Waals surface area (Å²) in [5.74, 6) is -6.00. The van der Waals surface area contributed by atoms with Crippen molar-refractivity contribution in [2.24, 2.45) is 5.73 Å². The number of guanidine groups is 1. The molecule has 1 heterocycles. The van der Waals surface area contributed by atoms with Crippen LogP contribution in [-0.2, 0) is 40.5 Å². The van der Waals surface area contributed by atoms with Crippen molar-refractivity contribution >= 4 is 45.6 Å². The second-order valence-electron chi connectivity index (χ2n) is 8.30. The summed E-state index contributed by atoms with van der Waals surface area (Å²) in [6.07, 6.45) is -0.0965. The van der Waals surface area contributed by atoms with Crippen molar-refractivity contribution < 1.29 is 36.9 Å². The Morgan fingerprint density at radius 3 is 2.00 bits per heavy atom. The molecule has 0 aliphatic carbocycles. The van der Waals surface area contributed by atoms with Gasteiger partial charge in [0, 0.05) is 13.0 Å². The Kier molecular flexibility index (Phi) is 11.0. The van der Waals surface area contributed by atoms with Crippen LogP contribution in [-0.4, -0.2) is 92.0 Å². The average Bonchev–Trinajstić information content (AvgIpc) is 2.83. The lowest BCUT2D eigenvalue weighted by Crippen LogP contribution is -2.57. The van der Waals surface area contributed by atoms with Gasteiger partial charge in [0.05, 0.1) is 13.1 Å². The van der Waals surface area contributed by atoms with Crippen LogP contribution in [0.1, 0.15) is 12.0 Å². The third-order valence-electron chi connectivity index (χ3n) is 5.19. The molecule has 2 rings (SSSR count). The van der Waals surface area contributed by atoms with E-state index >= 15 is 0 Å². The zero-order valence-corrected chi connectivity index (χ0v) is 21.0. The second-order valence-corrected chi connectivity index (χ2v) is 9.80. The normalized spacial score (nSPS) is 21.9. The van der Waals surface area contributed by atoms with Gasteiger partial charge in [-0.25, -0.2) is 0 Å². The number of nitrogens with two attached hydrogens (primary N) is 1. The third kappa shape index (κ3) is 10.8. The zero-order chi connectivity index (χ0) is 28.3. The van der Waals surface area contributed by atoms with E-state index in [1.807, 2.05) is 0 Å². The predicted molar refractivity (Wildman–Crippen MR) is 133 cm³/mol. The Balaban J connectivity index is 2.32. The molecule has 16 nitrogen and oxygen atoms in total. The molecule has 0 bridgehead atoms. The molecule has 208 valence electrons. The first-order chi connectivity index (χ1) is 17.8. The van der Waals surface area contributed by atoms with Crippen LogP contribution >= 0.6 is 0 Å². The molecule has 0 saturated carbocycles. The highest BCUT2D eigenvalue weighted by Gasteiger charge is 2.31. The fraction of sp³-hybridized carbons (Fsp3) is 0.429. The molecule has 0 aromatic heterocycles. The van der Waals surface area contributed by atoms with Crippen LogP contribution in [0.2, 0.25) is 0 Å². The Hall–Kier alpha value is -4.25. The molecule has 10 N–H and O–H groups in total. The topological polar surface area (TPSA) is 262 Å². The first-order valence-corrected chi connectivity index (χ1v) is 13.0. The van der Waals surface area contributed by atoms with E-state index in [2.05, 4.69) is 31.9 Å². The van der Waals surface area contributed by atoms with E-state index in [0.29, 0.717) is 5.56 Å². The number of nitrogens with one attached hydrogen (secondary N) is 7. The number of carbonyl (C=O) groups excluding carboxylic acids is 5. The molecule has 1 aromatic rings. The summed E-state index contributed by atoms with van der Waals surface area (Å²) in [5, 5.41) is 21.1. The second kappa shape index (κ2) is 13.9. The van der Waals surface area contributed by atoms with Crippen molar-refractivity contribution in [2.75, 3.05) is 25.4 Å². The SMILES string of the molecule is N=C(N)NCCC1NC(=O)CNC(=O)[C@@H](CS(=O)(=O)O)NC(=O)[C@H](Cc2ccccc2)NC(=O)CNC1=O. The van der Waals surface area contributed by atoms with E-state index in [1.54, 1.807) is 30.3 Å². The van der Waals surface area contributed by atoms with Crippen LogP contribution in [0.5, 0.6) is 0 Å². The lowest BCUT2D eigenvalue weighted by Gasteiger charge is -2.22. The van der Waals surface area contributed by atoms with Crippen molar-refractivity contribution in [1.29, 1.82) is 5.41 Å². The minimum atomic E-state index is -4.75. The lowest BCUT2D eigenvalue weighted by atomic mass is 10.0. The summed E-state index contributed by atoms with van der Waals surface area (Å²) in [4.78, 5) is 63.3. The lowest BCUT2D eigenvalue weighted by molar-refractivity contribution is -0.132. The van der Waals surface area contributed by atoms with Crippen molar-refractivity contribution in [1.82, 2.24) is 31.9 Å². The van der Waals surface area contributed by atoms with E-state index in [1.165, 1.54) is 0 Å². The molecule has 3 atom stereocenters. The largest absolute Gasteiger partial charge is 0.370 e. The highest BCUT2D eigenvalue weighted by atomic mass is 32.2. The van der Waals surface area contributed by atoms with E-state index in [-0.39, 0.29) is 25.3 Å². The fourth-order valence-corrected chi connectivity index (χ4v) is 4.07. The molecule has 1 fully saturated rings. The molecule has 1 unspecified atom stereocenters. The number of rotatable bonds is 7. The molecule has 0 radical (unpaired) electrons. The van der Waals surface area contributed by atoms with Gasteiger partial charge in [-0.05, 0) is 12.0 Å². The van der Waals surface area contributed by atoms with E-state index in [0.717, 1.165) is 0 Å². The number of carbonyl (C=O) groups is 5. The Morgan fingerprint density at radius 1 is 0.895 bits per heavy atom. The molecule has 5 amide bonds. The van der Waals surface area contributed by atoms with Gasteiger partial charge in [-0.15, -0.1) is 0 Å². The van der Waals surface area contributed by atoms with Gasteiger partial charge < -0.3 is 37.6 Å². The van der Waals surface area contributed by atoms with Crippen molar-refractivity contribution in [3.63, 3.8) is 0 Å². The van der Waals surface area contributed by atoms with Crippen molar-refractivity contribution in [2.45, 2.75) is 31.0 Å². The first-order valence-electron chi connectivity index (χ1n) is 11.4. The number of hydrogen-bond acceptors (Lipinski definition) is 8. The van der Waals surface area contributed by atoms with Crippen LogP contribution in [0, 0.1) is 5.41 Å². The molecular formula is C21H30N8O8S. The Labute approximate surface area is 218 Å². The van der Waals surface area contributed by atoms with Gasteiger partial charge in [0.1, 0.15) is 23.9 Å². The third-order valence-corrected chi connectivity index (χ3v) is 5.95. The first kappa shape index (κ1) is 30.0. The highest BCUT2D eigenvalue weighted by molar-refractivity contribution is 7.85. The summed E-state index contributed by atoms with van der Waals surface area (Å²) in [5.41, 5.74) is 5.84. The Bertz CT molecular complexity index is 1160. The molecule has 1 aliphatic heterocycles. The molecule has 1 aliphatic rings. The van der Waals surface area contributed by atoms with Gasteiger partial charge in [0.2, 0.25) is 29.5 Å². The van der Waals surface area contributed by atoms with Gasteiger partial charge in [-0.3, -0.25) is 33.9 Å². The minimum absolute atomic E-state index is 0.0141.